The summed E-state index contributed by atoms with van der Waals surface area (Å²) in [5, 5.41) is 9.70. The quantitative estimate of drug-likeness (QED) is 0.0376. The van der Waals surface area contributed by atoms with E-state index in [0.717, 1.165) is 19.3 Å². The molecule has 0 unspecified atom stereocenters. The van der Waals surface area contributed by atoms with Gasteiger partial charge in [0.05, 0.1) is 0 Å². The Labute approximate surface area is 215 Å². The number of carbonyl (C=O) groups is 2. The lowest BCUT2D eigenvalue weighted by Crippen LogP contribution is -2.36. The standard InChI is InChI=1S/C28H56N4O3/c1-2-3-4-5-6-7-8-9-10-11-12-13-14-15-16-17-18-19-20-23-26(33)35-27(34)25(29)22-21-24-32-28(30)31/h25H,2-24,29H2,1H3,(H4,30,31,32)/t25-/m0/s1. The Morgan fingerprint density at radius 3 is 1.51 bits per heavy atom. The highest BCUT2D eigenvalue weighted by Crippen LogP contribution is 2.15. The second kappa shape index (κ2) is 25.5. The van der Waals surface area contributed by atoms with Crippen molar-refractivity contribution in [2.24, 2.45) is 11.5 Å². The maximum Gasteiger partial charge on any atom is 0.330 e. The van der Waals surface area contributed by atoms with Crippen LogP contribution >= 0.6 is 0 Å². The number of esters is 2. The third-order valence-corrected chi connectivity index (χ3v) is 6.51. The molecule has 206 valence electrons. The van der Waals surface area contributed by atoms with Gasteiger partial charge in [0.1, 0.15) is 6.04 Å². The number of rotatable bonds is 25. The van der Waals surface area contributed by atoms with Gasteiger partial charge in [-0.05, 0) is 19.3 Å². The number of hydrogen-bond donors (Lipinski definition) is 4. The van der Waals surface area contributed by atoms with Gasteiger partial charge in [0, 0.05) is 13.0 Å². The zero-order valence-electron chi connectivity index (χ0n) is 22.7. The van der Waals surface area contributed by atoms with Crippen LogP contribution in [0.5, 0.6) is 0 Å². The Balaban J connectivity index is 3.35. The van der Waals surface area contributed by atoms with E-state index < -0.39 is 18.0 Å². The first-order valence-corrected chi connectivity index (χ1v) is 14.5. The van der Waals surface area contributed by atoms with E-state index in [9.17, 15) is 9.59 Å². The first-order chi connectivity index (χ1) is 17.0. The van der Waals surface area contributed by atoms with Crippen LogP contribution in [0.4, 0.5) is 0 Å². The first kappa shape index (κ1) is 33.4. The summed E-state index contributed by atoms with van der Waals surface area (Å²) in [5.74, 6) is -1.27. The van der Waals surface area contributed by atoms with Crippen LogP contribution in [0, 0.1) is 5.41 Å². The minimum absolute atomic E-state index is 0.115. The van der Waals surface area contributed by atoms with Gasteiger partial charge in [-0.3, -0.25) is 10.2 Å². The van der Waals surface area contributed by atoms with Crippen LogP contribution in [-0.4, -0.2) is 30.5 Å². The van der Waals surface area contributed by atoms with E-state index in [1.165, 1.54) is 103 Å². The van der Waals surface area contributed by atoms with Crippen LogP contribution in [0.25, 0.3) is 0 Å². The lowest BCUT2D eigenvalue weighted by Gasteiger charge is -2.10. The van der Waals surface area contributed by atoms with Crippen molar-refractivity contribution in [2.45, 2.75) is 154 Å². The zero-order chi connectivity index (χ0) is 26.0. The molecule has 0 aromatic rings. The summed E-state index contributed by atoms with van der Waals surface area (Å²) in [5.41, 5.74) is 10.9. The highest BCUT2D eigenvalue weighted by atomic mass is 16.6. The molecule has 0 aromatic heterocycles. The molecule has 0 aliphatic carbocycles. The van der Waals surface area contributed by atoms with Gasteiger partial charge in [-0.25, -0.2) is 4.79 Å². The van der Waals surface area contributed by atoms with Gasteiger partial charge in [0.25, 0.3) is 0 Å². The number of guanidine groups is 1. The molecule has 6 N–H and O–H groups in total. The Hall–Kier alpha value is -1.63. The van der Waals surface area contributed by atoms with Crippen LogP contribution in [0.3, 0.4) is 0 Å². The van der Waals surface area contributed by atoms with Crippen molar-refractivity contribution >= 4 is 17.9 Å². The Bertz CT molecular complexity index is 528. The number of ether oxygens (including phenoxy) is 1. The molecular formula is C28H56N4O3. The molecule has 0 aliphatic heterocycles. The average Bonchev–Trinajstić information content (AvgIpc) is 2.83. The number of unbranched alkanes of at least 4 members (excludes halogenated alkanes) is 18. The van der Waals surface area contributed by atoms with Crippen LogP contribution in [0.2, 0.25) is 0 Å². The van der Waals surface area contributed by atoms with Gasteiger partial charge in [-0.2, -0.15) is 0 Å². The third-order valence-electron chi connectivity index (χ3n) is 6.51. The van der Waals surface area contributed by atoms with E-state index in [4.69, 9.17) is 21.6 Å². The zero-order valence-corrected chi connectivity index (χ0v) is 22.7. The predicted octanol–water partition coefficient (Wildman–Crippen LogP) is 6.47. The molecule has 7 heteroatoms. The summed E-state index contributed by atoms with van der Waals surface area (Å²) < 4.78 is 4.84. The normalized spacial score (nSPS) is 11.8. The van der Waals surface area contributed by atoms with Gasteiger partial charge >= 0.3 is 11.9 Å². The fourth-order valence-corrected chi connectivity index (χ4v) is 4.25. The molecule has 0 aromatic carbocycles. The Kier molecular flexibility index (Phi) is 24.3. The summed E-state index contributed by atoms with van der Waals surface area (Å²) in [7, 11) is 0. The second-order valence-electron chi connectivity index (χ2n) is 10.00. The maximum absolute atomic E-state index is 11.8. The average molecular weight is 497 g/mol. The number of nitrogens with two attached hydrogens (primary N) is 2. The summed E-state index contributed by atoms with van der Waals surface area (Å²) in [6.45, 7) is 2.74. The molecule has 0 amide bonds. The van der Waals surface area contributed by atoms with Gasteiger partial charge in [0.15, 0.2) is 5.96 Å². The molecule has 7 nitrogen and oxygen atoms in total. The van der Waals surface area contributed by atoms with Crippen LogP contribution in [0.15, 0.2) is 0 Å². The lowest BCUT2D eigenvalue weighted by atomic mass is 10.0. The Morgan fingerprint density at radius 2 is 1.11 bits per heavy atom. The van der Waals surface area contributed by atoms with Gasteiger partial charge in [0.2, 0.25) is 0 Å². The smallest absolute Gasteiger partial charge is 0.330 e. The molecular weight excluding hydrogens is 440 g/mol. The fraction of sp³-hybridized carbons (Fsp3) is 0.893. The highest BCUT2D eigenvalue weighted by Gasteiger charge is 2.18. The van der Waals surface area contributed by atoms with Crippen molar-refractivity contribution in [2.75, 3.05) is 6.54 Å². The molecule has 0 heterocycles. The summed E-state index contributed by atoms with van der Waals surface area (Å²) in [4.78, 5) is 23.6. The van der Waals surface area contributed by atoms with Gasteiger partial charge in [-0.1, -0.05) is 122 Å². The van der Waals surface area contributed by atoms with Crippen LogP contribution in [-0.2, 0) is 14.3 Å². The summed E-state index contributed by atoms with van der Waals surface area (Å²) >= 11 is 0. The van der Waals surface area contributed by atoms with E-state index in [1.807, 2.05) is 0 Å². The van der Waals surface area contributed by atoms with E-state index >= 15 is 0 Å². The molecule has 1 atom stereocenters. The second-order valence-corrected chi connectivity index (χ2v) is 10.00. The van der Waals surface area contributed by atoms with Crippen LogP contribution < -0.4 is 16.8 Å². The molecule has 0 aliphatic rings. The topological polar surface area (TPSA) is 131 Å². The molecule has 0 spiro atoms. The minimum atomic E-state index is -0.821. The van der Waals surface area contributed by atoms with Gasteiger partial charge in [-0.15, -0.1) is 0 Å². The maximum atomic E-state index is 11.8. The van der Waals surface area contributed by atoms with Crippen molar-refractivity contribution in [1.82, 2.24) is 5.32 Å². The van der Waals surface area contributed by atoms with Crippen molar-refractivity contribution < 1.29 is 14.3 Å². The number of nitrogens with one attached hydrogen (secondary N) is 2. The predicted molar refractivity (Wildman–Crippen MR) is 146 cm³/mol. The van der Waals surface area contributed by atoms with E-state index in [2.05, 4.69) is 12.2 Å². The first-order valence-electron chi connectivity index (χ1n) is 14.5. The molecule has 0 saturated heterocycles. The molecule has 0 bridgehead atoms. The molecule has 35 heavy (non-hydrogen) atoms. The van der Waals surface area contributed by atoms with E-state index in [0.29, 0.717) is 19.4 Å². The number of hydrogen-bond acceptors (Lipinski definition) is 5. The molecule has 0 rings (SSSR count). The van der Waals surface area contributed by atoms with Crippen LogP contribution in [0.1, 0.15) is 148 Å². The minimum Gasteiger partial charge on any atom is -0.392 e. The van der Waals surface area contributed by atoms with Crippen molar-refractivity contribution in [3.8, 4) is 0 Å². The monoisotopic (exact) mass is 496 g/mol. The largest absolute Gasteiger partial charge is 0.392 e. The van der Waals surface area contributed by atoms with E-state index in [1.54, 1.807) is 0 Å². The van der Waals surface area contributed by atoms with Crippen molar-refractivity contribution in [3.05, 3.63) is 0 Å². The highest BCUT2D eigenvalue weighted by molar-refractivity contribution is 5.88. The summed E-state index contributed by atoms with van der Waals surface area (Å²) in [6.07, 6.45) is 26.1. The SMILES string of the molecule is CCCCCCCCCCCCCCCCCCCCCC(=O)OC(=O)[C@@H](N)CCCNC(=N)N. The number of carbonyl (C=O) groups excluding carboxylic acids is 2. The Morgan fingerprint density at radius 1 is 0.714 bits per heavy atom. The van der Waals surface area contributed by atoms with Gasteiger partial charge < -0.3 is 21.5 Å². The lowest BCUT2D eigenvalue weighted by molar-refractivity contribution is -0.160. The molecule has 0 fully saturated rings. The third kappa shape index (κ3) is 25.3. The van der Waals surface area contributed by atoms with Crippen molar-refractivity contribution in [3.63, 3.8) is 0 Å². The van der Waals surface area contributed by atoms with Crippen molar-refractivity contribution in [1.29, 1.82) is 5.41 Å². The molecule has 0 saturated carbocycles. The van der Waals surface area contributed by atoms with E-state index in [-0.39, 0.29) is 12.4 Å². The molecule has 0 radical (unpaired) electrons. The summed E-state index contributed by atoms with van der Waals surface area (Å²) in [6, 6.07) is -0.821. The fourth-order valence-electron chi connectivity index (χ4n) is 4.25.